The van der Waals surface area contributed by atoms with Gasteiger partial charge in [-0.25, -0.2) is 4.98 Å². The highest BCUT2D eigenvalue weighted by atomic mass is 16.2. The molecule has 3 heterocycles. The van der Waals surface area contributed by atoms with Gasteiger partial charge in [0, 0.05) is 24.1 Å². The minimum Gasteiger partial charge on any atom is -0.377 e. The highest BCUT2D eigenvalue weighted by Crippen LogP contribution is 2.46. The topological polar surface area (TPSA) is 61.0 Å². The Morgan fingerprint density at radius 3 is 2.64 bits per heavy atom. The van der Waals surface area contributed by atoms with Crippen LogP contribution in [0.4, 0.5) is 11.4 Å². The van der Waals surface area contributed by atoms with E-state index in [0.29, 0.717) is 6.42 Å². The predicted octanol–water partition coefficient (Wildman–Crippen LogP) is 3.89. The van der Waals surface area contributed by atoms with Crippen LogP contribution in [0.1, 0.15) is 41.8 Å². The molecule has 142 valence electrons. The fraction of sp³-hybridized carbons (Fsp3) is 0.391. The molecule has 2 aromatic carbocycles. The number of anilines is 2. The van der Waals surface area contributed by atoms with Crippen molar-refractivity contribution < 1.29 is 4.79 Å². The fourth-order valence-corrected chi connectivity index (χ4v) is 5.48. The molecular weight excluding hydrogens is 348 g/mol. The van der Waals surface area contributed by atoms with Crippen LogP contribution in [0, 0.1) is 6.92 Å². The highest BCUT2D eigenvalue weighted by Gasteiger charge is 2.41. The molecule has 3 aliphatic rings. The Balaban J connectivity index is 1.49. The van der Waals surface area contributed by atoms with Gasteiger partial charge in [0.15, 0.2) is 0 Å². The van der Waals surface area contributed by atoms with Crippen LogP contribution in [0.5, 0.6) is 0 Å². The number of nitrogens with zero attached hydrogens (tertiary/aromatic N) is 2. The van der Waals surface area contributed by atoms with E-state index in [1.165, 1.54) is 16.7 Å². The lowest BCUT2D eigenvalue weighted by molar-refractivity contribution is -0.117. The number of nitrogens with one attached hydrogen (secondary N) is 2. The van der Waals surface area contributed by atoms with Gasteiger partial charge >= 0.3 is 0 Å². The number of hydrogen-bond donors (Lipinski definition) is 2. The third-order valence-corrected chi connectivity index (χ3v) is 6.76. The number of carbonyl (C=O) groups is 1. The summed E-state index contributed by atoms with van der Waals surface area (Å²) < 4.78 is 0. The summed E-state index contributed by atoms with van der Waals surface area (Å²) in [5.74, 6) is 1.16. The van der Waals surface area contributed by atoms with Crippen molar-refractivity contribution in [3.8, 4) is 0 Å². The summed E-state index contributed by atoms with van der Waals surface area (Å²) in [5.41, 5.74) is 8.48. The fourth-order valence-electron chi connectivity index (χ4n) is 5.48. The van der Waals surface area contributed by atoms with Gasteiger partial charge in [-0.3, -0.25) is 4.79 Å². The van der Waals surface area contributed by atoms with E-state index in [9.17, 15) is 4.79 Å². The Labute approximate surface area is 164 Å². The van der Waals surface area contributed by atoms with Gasteiger partial charge in [0.25, 0.3) is 0 Å². The van der Waals surface area contributed by atoms with Crippen molar-refractivity contribution in [3.63, 3.8) is 0 Å². The third-order valence-electron chi connectivity index (χ3n) is 6.76. The maximum absolute atomic E-state index is 12.5. The molecule has 5 heteroatoms. The van der Waals surface area contributed by atoms with Gasteiger partial charge in [-0.05, 0) is 56.2 Å². The van der Waals surface area contributed by atoms with Gasteiger partial charge in [0.2, 0.25) is 5.91 Å². The second kappa shape index (κ2) is 5.60. The lowest BCUT2D eigenvalue weighted by Crippen LogP contribution is -2.43. The van der Waals surface area contributed by atoms with Crippen LogP contribution >= 0.6 is 0 Å². The molecule has 0 saturated carbocycles. The Hall–Kier alpha value is -2.82. The van der Waals surface area contributed by atoms with Crippen LogP contribution in [-0.2, 0) is 24.1 Å². The number of aromatic amines is 1. The number of fused-ring (bicyclic) bond motifs is 4. The molecule has 0 bridgehead atoms. The summed E-state index contributed by atoms with van der Waals surface area (Å²) in [4.78, 5) is 22.7. The van der Waals surface area contributed by atoms with Gasteiger partial charge in [0.05, 0.1) is 16.9 Å². The zero-order valence-corrected chi connectivity index (χ0v) is 16.1. The third kappa shape index (κ3) is 2.25. The van der Waals surface area contributed by atoms with Crippen LogP contribution in [0.15, 0.2) is 30.3 Å². The molecule has 1 aromatic heterocycles. The first-order chi connectivity index (χ1) is 13.6. The molecule has 0 unspecified atom stereocenters. The van der Waals surface area contributed by atoms with E-state index in [4.69, 9.17) is 4.98 Å². The zero-order chi connectivity index (χ0) is 18.9. The summed E-state index contributed by atoms with van der Waals surface area (Å²) in [6.07, 6.45) is 5.78. The number of rotatable bonds is 1. The molecule has 3 aromatic rings. The number of imidazole rings is 1. The van der Waals surface area contributed by atoms with Crippen molar-refractivity contribution in [2.75, 3.05) is 16.8 Å². The smallest absolute Gasteiger partial charge is 0.227 e. The van der Waals surface area contributed by atoms with Gasteiger partial charge in [-0.15, -0.1) is 0 Å². The number of H-pyrrole nitrogens is 1. The van der Waals surface area contributed by atoms with Crippen LogP contribution in [-0.4, -0.2) is 28.0 Å². The van der Waals surface area contributed by atoms with E-state index in [1.807, 2.05) is 11.8 Å². The molecule has 5 nitrogen and oxygen atoms in total. The molecule has 2 N–H and O–H groups in total. The van der Waals surface area contributed by atoms with Gasteiger partial charge < -0.3 is 15.2 Å². The van der Waals surface area contributed by atoms with Crippen molar-refractivity contribution in [2.45, 2.75) is 51.0 Å². The average molecular weight is 372 g/mol. The van der Waals surface area contributed by atoms with E-state index in [0.717, 1.165) is 66.9 Å². The van der Waals surface area contributed by atoms with Crippen molar-refractivity contribution in [3.05, 3.63) is 52.8 Å². The summed E-state index contributed by atoms with van der Waals surface area (Å²) in [7, 11) is 0. The largest absolute Gasteiger partial charge is 0.377 e. The quantitative estimate of drug-likeness (QED) is 0.681. The first-order valence-corrected chi connectivity index (χ1v) is 10.3. The van der Waals surface area contributed by atoms with Crippen molar-refractivity contribution in [1.82, 2.24) is 9.97 Å². The van der Waals surface area contributed by atoms with Crippen LogP contribution < -0.4 is 10.2 Å². The molecule has 2 aliphatic heterocycles. The molecule has 1 fully saturated rings. The predicted molar refractivity (Wildman–Crippen MR) is 111 cm³/mol. The monoisotopic (exact) mass is 372 g/mol. The maximum Gasteiger partial charge on any atom is 0.227 e. The standard InChI is InChI=1S/C23H24N4O/c1-14-24-18-11-19(27-10-4-7-20(27)28)17-8-9-23(26-21(17)22(18)25-14)12-15-5-2-3-6-16(15)13-23/h2-3,5-6,11,26H,4,7-10,12-13H2,1H3,(H,24,25). The van der Waals surface area contributed by atoms with E-state index in [-0.39, 0.29) is 11.4 Å². The van der Waals surface area contributed by atoms with E-state index in [1.54, 1.807) is 0 Å². The minimum absolute atomic E-state index is 0.0596. The average Bonchev–Trinajstić information content (AvgIpc) is 3.36. The molecule has 28 heavy (non-hydrogen) atoms. The SMILES string of the molecule is Cc1nc2c3c(c(N4CCCC4=O)cc2[nH]1)CCC1(Cc2ccccc2C1)N3. The van der Waals surface area contributed by atoms with Crippen LogP contribution in [0.2, 0.25) is 0 Å². The number of carbonyl (C=O) groups excluding carboxylic acids is 1. The van der Waals surface area contributed by atoms with Crippen LogP contribution in [0.3, 0.4) is 0 Å². The molecule has 1 spiro atoms. The molecular formula is C23H24N4O. The lowest BCUT2D eigenvalue weighted by Gasteiger charge is -2.38. The zero-order valence-electron chi connectivity index (χ0n) is 16.1. The van der Waals surface area contributed by atoms with Crippen molar-refractivity contribution >= 4 is 28.3 Å². The Kier molecular flexibility index (Phi) is 3.23. The second-order valence-electron chi connectivity index (χ2n) is 8.64. The Bertz CT molecular complexity index is 1100. The summed E-state index contributed by atoms with van der Waals surface area (Å²) >= 11 is 0. The molecule has 1 amide bonds. The van der Waals surface area contributed by atoms with Gasteiger partial charge in [-0.2, -0.15) is 0 Å². The minimum atomic E-state index is 0.0596. The Morgan fingerprint density at radius 2 is 1.93 bits per heavy atom. The molecule has 6 rings (SSSR count). The van der Waals surface area contributed by atoms with E-state index < -0.39 is 0 Å². The Morgan fingerprint density at radius 1 is 1.14 bits per heavy atom. The van der Waals surface area contributed by atoms with Crippen molar-refractivity contribution in [1.29, 1.82) is 0 Å². The highest BCUT2D eigenvalue weighted by molar-refractivity contribution is 6.02. The summed E-state index contributed by atoms with van der Waals surface area (Å²) in [6, 6.07) is 10.9. The first-order valence-electron chi connectivity index (χ1n) is 10.3. The van der Waals surface area contributed by atoms with Crippen LogP contribution in [0.25, 0.3) is 11.0 Å². The maximum atomic E-state index is 12.5. The number of aromatic nitrogens is 2. The van der Waals surface area contributed by atoms with E-state index >= 15 is 0 Å². The number of aryl methyl sites for hydroxylation is 1. The molecule has 0 atom stereocenters. The normalized spacial score (nSPS) is 19.9. The lowest BCUT2D eigenvalue weighted by atomic mass is 9.82. The van der Waals surface area contributed by atoms with Gasteiger partial charge in [0.1, 0.15) is 11.3 Å². The number of benzene rings is 2. The summed E-state index contributed by atoms with van der Waals surface area (Å²) in [6.45, 7) is 2.82. The first kappa shape index (κ1) is 16.2. The molecule has 0 radical (unpaired) electrons. The second-order valence-corrected chi connectivity index (χ2v) is 8.64. The number of amides is 1. The summed E-state index contributed by atoms with van der Waals surface area (Å²) in [5, 5.41) is 3.93. The molecule has 1 saturated heterocycles. The van der Waals surface area contributed by atoms with Crippen molar-refractivity contribution in [2.24, 2.45) is 0 Å². The van der Waals surface area contributed by atoms with Gasteiger partial charge in [-0.1, -0.05) is 24.3 Å². The molecule has 1 aliphatic carbocycles. The van der Waals surface area contributed by atoms with E-state index in [2.05, 4.69) is 40.6 Å². The number of hydrogen-bond acceptors (Lipinski definition) is 3.